The van der Waals surface area contributed by atoms with E-state index >= 15 is 0 Å². The first-order valence-electron chi connectivity index (χ1n) is 7.81. The van der Waals surface area contributed by atoms with E-state index in [0.29, 0.717) is 19.6 Å². The predicted octanol–water partition coefficient (Wildman–Crippen LogP) is 2.77. The van der Waals surface area contributed by atoms with E-state index in [9.17, 15) is 5.11 Å². The van der Waals surface area contributed by atoms with Crippen LogP contribution in [0.3, 0.4) is 0 Å². The molecule has 0 bridgehead atoms. The first-order chi connectivity index (χ1) is 10.7. The summed E-state index contributed by atoms with van der Waals surface area (Å²) in [6.07, 6.45) is 0.185. The van der Waals surface area contributed by atoms with Gasteiger partial charge in [-0.2, -0.15) is 0 Å². The molecule has 120 valence electrons. The highest BCUT2D eigenvalue weighted by atomic mass is 16.7. The molecule has 2 aromatic carbocycles. The molecule has 22 heavy (non-hydrogen) atoms. The van der Waals surface area contributed by atoms with Crippen molar-refractivity contribution in [2.24, 2.45) is 5.73 Å². The Morgan fingerprint density at radius 1 is 1.05 bits per heavy atom. The normalized spacial score (nSPS) is 13.0. The molecule has 4 heteroatoms. The van der Waals surface area contributed by atoms with Crippen molar-refractivity contribution in [1.82, 2.24) is 0 Å². The van der Waals surface area contributed by atoms with Crippen LogP contribution in [0.1, 0.15) is 31.3 Å². The first-order valence-corrected chi connectivity index (χ1v) is 7.81. The summed E-state index contributed by atoms with van der Waals surface area (Å²) < 4.78 is 11.5. The summed E-state index contributed by atoms with van der Waals surface area (Å²) in [5.41, 5.74) is 8.06. The molecule has 0 spiro atoms. The molecule has 4 nitrogen and oxygen atoms in total. The summed E-state index contributed by atoms with van der Waals surface area (Å²) in [6.45, 7) is 5.00. The number of nitrogens with two attached hydrogens (primary N) is 1. The Morgan fingerprint density at radius 3 is 2.36 bits per heavy atom. The van der Waals surface area contributed by atoms with Crippen LogP contribution in [0.2, 0.25) is 0 Å². The first kappa shape index (κ1) is 16.9. The maximum Gasteiger partial charge on any atom is 0.184 e. The third kappa shape index (κ3) is 3.84. The minimum absolute atomic E-state index is 0.0450. The molecule has 0 amide bonds. The Kier molecular flexibility index (Phi) is 6.34. The maximum absolute atomic E-state index is 9.32. The van der Waals surface area contributed by atoms with E-state index in [0.717, 1.165) is 21.9 Å². The van der Waals surface area contributed by atoms with Crippen LogP contribution < -0.4 is 5.73 Å². The SMILES string of the molecule is CCOC(OCC)c1ccc2ccccc2c1CC(N)CO. The molecule has 0 aromatic heterocycles. The molecule has 0 aliphatic heterocycles. The lowest BCUT2D eigenvalue weighted by molar-refractivity contribution is -0.140. The van der Waals surface area contributed by atoms with Gasteiger partial charge < -0.3 is 20.3 Å². The number of rotatable bonds is 8. The highest BCUT2D eigenvalue weighted by Gasteiger charge is 2.19. The van der Waals surface area contributed by atoms with Crippen LogP contribution in [0.5, 0.6) is 0 Å². The lowest BCUT2D eigenvalue weighted by Crippen LogP contribution is -2.28. The van der Waals surface area contributed by atoms with Crippen molar-refractivity contribution in [3.05, 3.63) is 47.5 Å². The van der Waals surface area contributed by atoms with Gasteiger partial charge in [0.2, 0.25) is 0 Å². The molecule has 0 aliphatic carbocycles. The molecule has 2 rings (SSSR count). The van der Waals surface area contributed by atoms with E-state index in [1.54, 1.807) is 0 Å². The number of hydrogen-bond acceptors (Lipinski definition) is 4. The second-order valence-corrected chi connectivity index (χ2v) is 5.24. The van der Waals surface area contributed by atoms with Crippen molar-refractivity contribution in [3.8, 4) is 0 Å². The Morgan fingerprint density at radius 2 is 1.73 bits per heavy atom. The topological polar surface area (TPSA) is 64.7 Å². The van der Waals surface area contributed by atoms with Gasteiger partial charge in [-0.15, -0.1) is 0 Å². The van der Waals surface area contributed by atoms with E-state index in [1.165, 1.54) is 0 Å². The summed E-state index contributed by atoms with van der Waals surface area (Å²) in [5.74, 6) is 0. The fourth-order valence-corrected chi connectivity index (χ4v) is 2.66. The molecule has 0 saturated carbocycles. The maximum atomic E-state index is 9.32. The van der Waals surface area contributed by atoms with Crippen LogP contribution in [-0.2, 0) is 15.9 Å². The number of benzene rings is 2. The van der Waals surface area contributed by atoms with Crippen LogP contribution >= 0.6 is 0 Å². The van der Waals surface area contributed by atoms with Gasteiger partial charge >= 0.3 is 0 Å². The van der Waals surface area contributed by atoms with E-state index < -0.39 is 6.29 Å². The van der Waals surface area contributed by atoms with Gasteiger partial charge in [0.15, 0.2) is 6.29 Å². The van der Waals surface area contributed by atoms with Crippen LogP contribution in [0.4, 0.5) is 0 Å². The van der Waals surface area contributed by atoms with Gasteiger partial charge in [-0.1, -0.05) is 36.4 Å². The van der Waals surface area contributed by atoms with Crippen molar-refractivity contribution < 1.29 is 14.6 Å². The molecule has 2 aromatic rings. The Hall–Kier alpha value is -1.46. The zero-order chi connectivity index (χ0) is 15.9. The second kappa shape index (κ2) is 8.25. The predicted molar refractivity (Wildman–Crippen MR) is 88.7 cm³/mol. The zero-order valence-corrected chi connectivity index (χ0v) is 13.3. The van der Waals surface area contributed by atoms with E-state index in [1.807, 2.05) is 32.0 Å². The molecule has 0 aliphatic rings. The van der Waals surface area contributed by atoms with Gasteiger partial charge in [0.25, 0.3) is 0 Å². The average molecular weight is 303 g/mol. The van der Waals surface area contributed by atoms with Crippen LogP contribution in [-0.4, -0.2) is 31.0 Å². The molecule has 0 heterocycles. The summed E-state index contributed by atoms with van der Waals surface area (Å²) >= 11 is 0. The molecule has 1 unspecified atom stereocenters. The monoisotopic (exact) mass is 303 g/mol. The quantitative estimate of drug-likeness (QED) is 0.736. The standard InChI is InChI=1S/C18H25NO3/c1-3-21-18(22-4-2)16-10-9-13-7-5-6-8-15(13)17(16)11-14(19)12-20/h5-10,14,18,20H,3-4,11-12,19H2,1-2H3. The average Bonchev–Trinajstić information content (AvgIpc) is 2.55. The Balaban J connectivity index is 2.53. The number of aliphatic hydroxyl groups is 1. The van der Waals surface area contributed by atoms with Crippen LogP contribution in [0.15, 0.2) is 36.4 Å². The third-order valence-electron chi connectivity index (χ3n) is 3.67. The zero-order valence-electron chi connectivity index (χ0n) is 13.3. The summed E-state index contributed by atoms with van der Waals surface area (Å²) in [5, 5.41) is 11.6. The highest BCUT2D eigenvalue weighted by Crippen LogP contribution is 2.30. The van der Waals surface area contributed by atoms with Gasteiger partial charge in [-0.05, 0) is 36.6 Å². The van der Waals surface area contributed by atoms with Gasteiger partial charge in [-0.25, -0.2) is 0 Å². The largest absolute Gasteiger partial charge is 0.395 e. The number of fused-ring (bicyclic) bond motifs is 1. The smallest absolute Gasteiger partial charge is 0.184 e. The van der Waals surface area contributed by atoms with E-state index in [2.05, 4.69) is 18.2 Å². The number of hydrogen-bond donors (Lipinski definition) is 2. The Labute approximate surface area is 131 Å². The molecule has 0 radical (unpaired) electrons. The minimum atomic E-state index is -0.402. The van der Waals surface area contributed by atoms with Crippen molar-refractivity contribution in [2.45, 2.75) is 32.6 Å². The molecule has 1 atom stereocenters. The molecule has 0 saturated heterocycles. The van der Waals surface area contributed by atoms with Crippen molar-refractivity contribution in [2.75, 3.05) is 19.8 Å². The van der Waals surface area contributed by atoms with Gasteiger partial charge in [0.05, 0.1) is 6.61 Å². The van der Waals surface area contributed by atoms with Crippen molar-refractivity contribution >= 4 is 10.8 Å². The summed E-state index contributed by atoms with van der Waals surface area (Å²) in [7, 11) is 0. The fourth-order valence-electron chi connectivity index (χ4n) is 2.66. The molecule has 0 fully saturated rings. The van der Waals surface area contributed by atoms with E-state index in [-0.39, 0.29) is 12.6 Å². The second-order valence-electron chi connectivity index (χ2n) is 5.24. The molecular formula is C18H25NO3. The minimum Gasteiger partial charge on any atom is -0.395 e. The van der Waals surface area contributed by atoms with Crippen molar-refractivity contribution in [3.63, 3.8) is 0 Å². The van der Waals surface area contributed by atoms with Crippen molar-refractivity contribution in [1.29, 1.82) is 0 Å². The van der Waals surface area contributed by atoms with Crippen LogP contribution in [0, 0.1) is 0 Å². The lowest BCUT2D eigenvalue weighted by atomic mass is 9.93. The van der Waals surface area contributed by atoms with Crippen LogP contribution in [0.25, 0.3) is 10.8 Å². The lowest BCUT2D eigenvalue weighted by Gasteiger charge is -2.23. The molecular weight excluding hydrogens is 278 g/mol. The van der Waals surface area contributed by atoms with E-state index in [4.69, 9.17) is 15.2 Å². The fraction of sp³-hybridized carbons (Fsp3) is 0.444. The highest BCUT2D eigenvalue weighted by molar-refractivity contribution is 5.87. The van der Waals surface area contributed by atoms with Gasteiger partial charge in [-0.3, -0.25) is 0 Å². The van der Waals surface area contributed by atoms with Gasteiger partial charge in [0, 0.05) is 24.8 Å². The summed E-state index contributed by atoms with van der Waals surface area (Å²) in [6, 6.07) is 12.0. The number of aliphatic hydroxyl groups excluding tert-OH is 1. The third-order valence-corrected chi connectivity index (χ3v) is 3.67. The number of ether oxygens (including phenoxy) is 2. The molecule has 3 N–H and O–H groups in total. The van der Waals surface area contributed by atoms with Gasteiger partial charge in [0.1, 0.15) is 0 Å². The summed E-state index contributed by atoms with van der Waals surface area (Å²) in [4.78, 5) is 0. The Bertz CT molecular complexity index is 594.